The molecule has 0 unspecified atom stereocenters. The van der Waals surface area contributed by atoms with Gasteiger partial charge in [0.2, 0.25) is 11.8 Å². The molecule has 2 rings (SSSR count). The highest BCUT2D eigenvalue weighted by Gasteiger charge is 2.21. The summed E-state index contributed by atoms with van der Waals surface area (Å²) < 4.78 is 0. The third kappa shape index (κ3) is 6.15. The molecule has 1 fully saturated rings. The van der Waals surface area contributed by atoms with E-state index in [-0.39, 0.29) is 24.9 Å². The van der Waals surface area contributed by atoms with E-state index < -0.39 is 5.97 Å². The van der Waals surface area contributed by atoms with E-state index in [4.69, 9.17) is 5.11 Å². The average Bonchev–Trinajstić information content (AvgIpc) is 2.98. The SMILES string of the molecule is CCCN(CC(=O)O)CC(=O)NCc1ccccc1CN1CCCC1=O. The number of carbonyl (C=O) groups excluding carboxylic acids is 2. The summed E-state index contributed by atoms with van der Waals surface area (Å²) in [6.07, 6.45) is 2.29. The standard InChI is InChI=1S/C19H27N3O4/c1-2-9-21(14-19(25)26)13-17(23)20-11-15-6-3-4-7-16(15)12-22-10-5-8-18(22)24/h3-4,6-7H,2,5,8-14H2,1H3,(H,20,23)(H,25,26). The first kappa shape index (κ1) is 19.9. The Morgan fingerprint density at radius 1 is 1.23 bits per heavy atom. The van der Waals surface area contributed by atoms with Crippen LogP contribution in [0.15, 0.2) is 24.3 Å². The largest absolute Gasteiger partial charge is 0.480 e. The zero-order valence-corrected chi connectivity index (χ0v) is 15.2. The minimum absolute atomic E-state index is 0.0624. The Morgan fingerprint density at radius 3 is 2.58 bits per heavy atom. The van der Waals surface area contributed by atoms with E-state index >= 15 is 0 Å². The van der Waals surface area contributed by atoms with Crippen LogP contribution in [0.25, 0.3) is 0 Å². The molecular weight excluding hydrogens is 334 g/mol. The molecule has 1 aliphatic heterocycles. The van der Waals surface area contributed by atoms with Crippen LogP contribution in [0.2, 0.25) is 0 Å². The van der Waals surface area contributed by atoms with Gasteiger partial charge in [0.05, 0.1) is 13.1 Å². The molecule has 1 aromatic carbocycles. The number of hydrogen-bond acceptors (Lipinski definition) is 4. The maximum Gasteiger partial charge on any atom is 0.317 e. The number of carboxylic acids is 1. The third-order valence-electron chi connectivity index (χ3n) is 4.39. The fourth-order valence-electron chi connectivity index (χ4n) is 3.14. The molecule has 26 heavy (non-hydrogen) atoms. The average molecular weight is 361 g/mol. The highest BCUT2D eigenvalue weighted by atomic mass is 16.4. The van der Waals surface area contributed by atoms with Crippen molar-refractivity contribution in [2.45, 2.75) is 39.3 Å². The van der Waals surface area contributed by atoms with Crippen molar-refractivity contribution in [1.82, 2.24) is 15.1 Å². The van der Waals surface area contributed by atoms with Crippen molar-refractivity contribution in [3.63, 3.8) is 0 Å². The molecule has 142 valence electrons. The molecule has 0 saturated carbocycles. The number of nitrogens with one attached hydrogen (secondary N) is 1. The van der Waals surface area contributed by atoms with E-state index in [1.807, 2.05) is 36.1 Å². The minimum Gasteiger partial charge on any atom is -0.480 e. The van der Waals surface area contributed by atoms with E-state index in [0.717, 1.165) is 30.5 Å². The summed E-state index contributed by atoms with van der Waals surface area (Å²) in [4.78, 5) is 38.3. The van der Waals surface area contributed by atoms with Crippen LogP contribution in [0.1, 0.15) is 37.3 Å². The number of aliphatic carboxylic acids is 1. The Balaban J connectivity index is 1.90. The van der Waals surface area contributed by atoms with E-state index in [0.29, 0.717) is 26.1 Å². The van der Waals surface area contributed by atoms with Crippen molar-refractivity contribution in [3.8, 4) is 0 Å². The van der Waals surface area contributed by atoms with Crippen LogP contribution in [0, 0.1) is 0 Å². The molecular formula is C19H27N3O4. The van der Waals surface area contributed by atoms with Gasteiger partial charge in [-0.3, -0.25) is 19.3 Å². The lowest BCUT2D eigenvalue weighted by atomic mass is 10.1. The van der Waals surface area contributed by atoms with Crippen LogP contribution in [0.4, 0.5) is 0 Å². The smallest absolute Gasteiger partial charge is 0.317 e. The molecule has 0 aliphatic carbocycles. The molecule has 0 bridgehead atoms. The van der Waals surface area contributed by atoms with Gasteiger partial charge in [-0.1, -0.05) is 31.2 Å². The van der Waals surface area contributed by atoms with Crippen LogP contribution in [-0.4, -0.2) is 58.9 Å². The third-order valence-corrected chi connectivity index (χ3v) is 4.39. The van der Waals surface area contributed by atoms with Gasteiger partial charge in [0, 0.05) is 26.1 Å². The van der Waals surface area contributed by atoms with Gasteiger partial charge in [0.1, 0.15) is 0 Å². The van der Waals surface area contributed by atoms with Gasteiger partial charge in [0.25, 0.3) is 0 Å². The van der Waals surface area contributed by atoms with Crippen molar-refractivity contribution < 1.29 is 19.5 Å². The molecule has 7 heteroatoms. The first-order valence-electron chi connectivity index (χ1n) is 9.05. The normalized spacial score (nSPS) is 14.1. The van der Waals surface area contributed by atoms with E-state index in [2.05, 4.69) is 5.32 Å². The first-order chi connectivity index (χ1) is 12.5. The Morgan fingerprint density at radius 2 is 1.96 bits per heavy atom. The summed E-state index contributed by atoms with van der Waals surface area (Å²) in [7, 11) is 0. The Hall–Kier alpha value is -2.41. The number of amides is 2. The summed E-state index contributed by atoms with van der Waals surface area (Å²) in [5.74, 6) is -0.966. The van der Waals surface area contributed by atoms with E-state index in [1.54, 1.807) is 4.90 Å². The zero-order chi connectivity index (χ0) is 18.9. The van der Waals surface area contributed by atoms with Gasteiger partial charge >= 0.3 is 5.97 Å². The predicted molar refractivity (Wildman–Crippen MR) is 97.3 cm³/mol. The lowest BCUT2D eigenvalue weighted by Crippen LogP contribution is -2.40. The second-order valence-corrected chi connectivity index (χ2v) is 6.57. The Labute approximate surface area is 154 Å². The monoisotopic (exact) mass is 361 g/mol. The molecule has 1 aromatic rings. The van der Waals surface area contributed by atoms with Crippen molar-refractivity contribution in [3.05, 3.63) is 35.4 Å². The molecule has 1 saturated heterocycles. The fourth-order valence-corrected chi connectivity index (χ4v) is 3.14. The molecule has 0 spiro atoms. The molecule has 7 nitrogen and oxygen atoms in total. The van der Waals surface area contributed by atoms with Gasteiger partial charge in [-0.05, 0) is 30.5 Å². The second-order valence-electron chi connectivity index (χ2n) is 6.57. The van der Waals surface area contributed by atoms with Crippen molar-refractivity contribution in [2.24, 2.45) is 0 Å². The summed E-state index contributed by atoms with van der Waals surface area (Å²) in [6.45, 7) is 4.13. The fraction of sp³-hybridized carbons (Fsp3) is 0.526. The zero-order valence-electron chi connectivity index (χ0n) is 15.2. The van der Waals surface area contributed by atoms with Gasteiger partial charge in [-0.15, -0.1) is 0 Å². The maximum absolute atomic E-state index is 12.2. The summed E-state index contributed by atoms with van der Waals surface area (Å²) in [6, 6.07) is 7.75. The lowest BCUT2D eigenvalue weighted by molar-refractivity contribution is -0.138. The topological polar surface area (TPSA) is 89.9 Å². The van der Waals surface area contributed by atoms with Gasteiger partial charge in [0.15, 0.2) is 0 Å². The summed E-state index contributed by atoms with van der Waals surface area (Å²) in [5.41, 5.74) is 2.00. The highest BCUT2D eigenvalue weighted by molar-refractivity contribution is 5.79. The number of carbonyl (C=O) groups is 3. The number of benzene rings is 1. The molecule has 2 N–H and O–H groups in total. The number of nitrogens with zero attached hydrogens (tertiary/aromatic N) is 2. The predicted octanol–water partition coefficient (Wildman–Crippen LogP) is 1.22. The number of carboxylic acid groups (broad SMARTS) is 1. The molecule has 1 aliphatic rings. The quantitative estimate of drug-likeness (QED) is 0.654. The molecule has 0 atom stereocenters. The maximum atomic E-state index is 12.2. The summed E-state index contributed by atoms with van der Waals surface area (Å²) >= 11 is 0. The van der Waals surface area contributed by atoms with E-state index in [1.165, 1.54) is 0 Å². The minimum atomic E-state index is -0.938. The Kier molecular flexibility index (Phi) is 7.59. The van der Waals surface area contributed by atoms with Crippen molar-refractivity contribution in [2.75, 3.05) is 26.2 Å². The van der Waals surface area contributed by atoms with Crippen LogP contribution in [-0.2, 0) is 27.5 Å². The molecule has 0 radical (unpaired) electrons. The van der Waals surface area contributed by atoms with Gasteiger partial charge < -0.3 is 15.3 Å². The van der Waals surface area contributed by atoms with Crippen molar-refractivity contribution >= 4 is 17.8 Å². The van der Waals surface area contributed by atoms with Crippen LogP contribution < -0.4 is 5.32 Å². The van der Waals surface area contributed by atoms with Crippen LogP contribution >= 0.6 is 0 Å². The molecule has 2 amide bonds. The summed E-state index contributed by atoms with van der Waals surface area (Å²) in [5, 5.41) is 11.8. The molecule has 0 aromatic heterocycles. The first-order valence-corrected chi connectivity index (χ1v) is 9.05. The lowest BCUT2D eigenvalue weighted by Gasteiger charge is -2.20. The number of hydrogen-bond donors (Lipinski definition) is 2. The number of likely N-dealkylation sites (tertiary alicyclic amines) is 1. The van der Waals surface area contributed by atoms with E-state index in [9.17, 15) is 14.4 Å². The second kappa shape index (κ2) is 9.91. The van der Waals surface area contributed by atoms with Gasteiger partial charge in [-0.2, -0.15) is 0 Å². The van der Waals surface area contributed by atoms with Crippen LogP contribution in [0.5, 0.6) is 0 Å². The van der Waals surface area contributed by atoms with Crippen molar-refractivity contribution in [1.29, 1.82) is 0 Å². The Bertz CT molecular complexity index is 647. The van der Waals surface area contributed by atoms with Gasteiger partial charge in [-0.25, -0.2) is 0 Å². The highest BCUT2D eigenvalue weighted by Crippen LogP contribution is 2.17. The molecule has 1 heterocycles. The van der Waals surface area contributed by atoms with Crippen LogP contribution in [0.3, 0.4) is 0 Å². The number of rotatable bonds is 10.